The molecule has 0 fully saturated rings. The number of nitrogens with zero attached hydrogens (tertiary/aromatic N) is 2. The summed E-state index contributed by atoms with van der Waals surface area (Å²) in [5.74, 6) is 0.0905. The Morgan fingerprint density at radius 1 is 1.35 bits per heavy atom. The summed E-state index contributed by atoms with van der Waals surface area (Å²) in [7, 11) is -3.61. The molecule has 0 bridgehead atoms. The molecular formula is C16H17F2N3O4S. The van der Waals surface area contributed by atoms with Gasteiger partial charge in [0.05, 0.1) is 11.3 Å². The molecule has 0 atom stereocenters. The molecule has 0 aliphatic carbocycles. The second-order valence-electron chi connectivity index (χ2n) is 6.02. The van der Waals surface area contributed by atoms with Crippen molar-refractivity contribution in [2.75, 3.05) is 12.8 Å². The molecule has 1 aromatic heterocycles. The molecule has 0 saturated carbocycles. The average molecular weight is 385 g/mol. The minimum atomic E-state index is -3.61. The molecule has 7 nitrogen and oxygen atoms in total. The Morgan fingerprint density at radius 3 is 2.77 bits per heavy atom. The normalized spacial score (nSPS) is 15.1. The van der Waals surface area contributed by atoms with Gasteiger partial charge in [0.1, 0.15) is 5.75 Å². The van der Waals surface area contributed by atoms with E-state index < -0.39 is 22.0 Å². The number of alkyl halides is 2. The molecular weight excluding hydrogens is 368 g/mol. The summed E-state index contributed by atoms with van der Waals surface area (Å²) in [6.07, 6.45) is 1.37. The first kappa shape index (κ1) is 18.5. The number of nitrogens with one attached hydrogen (secondary N) is 1. The molecule has 1 aliphatic rings. The van der Waals surface area contributed by atoms with Crippen LogP contribution in [0.3, 0.4) is 0 Å². The van der Waals surface area contributed by atoms with Crippen molar-refractivity contribution in [1.82, 2.24) is 14.9 Å². The molecule has 2 aromatic rings. The number of fused-ring (bicyclic) bond motifs is 1. The van der Waals surface area contributed by atoms with Crippen LogP contribution in [0.15, 0.2) is 34.2 Å². The average Bonchev–Trinajstić information content (AvgIpc) is 2.56. The quantitative estimate of drug-likeness (QED) is 0.781. The van der Waals surface area contributed by atoms with Gasteiger partial charge in [0.25, 0.3) is 5.56 Å². The van der Waals surface area contributed by atoms with Crippen LogP contribution >= 0.6 is 0 Å². The molecule has 1 N–H and O–H groups in total. The van der Waals surface area contributed by atoms with Gasteiger partial charge in [-0.2, -0.15) is 8.78 Å². The Bertz CT molecular complexity index is 976. The van der Waals surface area contributed by atoms with Gasteiger partial charge >= 0.3 is 6.61 Å². The highest BCUT2D eigenvalue weighted by Crippen LogP contribution is 2.24. The fraction of sp³-hybridized carbons (Fsp3) is 0.375. The molecule has 2 heterocycles. The summed E-state index contributed by atoms with van der Waals surface area (Å²) in [5.41, 5.74) is 0.907. The van der Waals surface area contributed by atoms with Crippen molar-refractivity contribution < 1.29 is 21.9 Å². The van der Waals surface area contributed by atoms with Crippen molar-refractivity contribution in [3.05, 3.63) is 51.4 Å². The molecule has 10 heteroatoms. The van der Waals surface area contributed by atoms with E-state index in [1.165, 1.54) is 6.07 Å². The lowest BCUT2D eigenvalue weighted by Crippen LogP contribution is -2.36. The Morgan fingerprint density at radius 2 is 2.08 bits per heavy atom. The van der Waals surface area contributed by atoms with Crippen LogP contribution in [0.2, 0.25) is 0 Å². The zero-order valence-electron chi connectivity index (χ0n) is 13.9. The number of aromatic amines is 1. The van der Waals surface area contributed by atoms with Crippen LogP contribution in [0.25, 0.3) is 0 Å². The summed E-state index contributed by atoms with van der Waals surface area (Å²) < 4.78 is 52.7. The maximum atomic E-state index is 12.5. The number of sulfone groups is 1. The summed E-state index contributed by atoms with van der Waals surface area (Å²) in [5, 5.41) is -0.342. The third-order valence-corrected chi connectivity index (χ3v) is 4.96. The van der Waals surface area contributed by atoms with E-state index in [1.807, 2.05) is 4.90 Å². The summed E-state index contributed by atoms with van der Waals surface area (Å²) >= 11 is 0. The van der Waals surface area contributed by atoms with Crippen LogP contribution in [0.5, 0.6) is 5.75 Å². The Labute approximate surface area is 148 Å². The Balaban J connectivity index is 1.83. The minimum absolute atomic E-state index is 0.0905. The highest BCUT2D eigenvalue weighted by atomic mass is 32.2. The number of halogens is 2. The van der Waals surface area contributed by atoms with Gasteiger partial charge < -0.3 is 4.74 Å². The third-order valence-electron chi connectivity index (χ3n) is 4.06. The first-order chi connectivity index (χ1) is 12.2. The maximum absolute atomic E-state index is 12.5. The predicted octanol–water partition coefficient (Wildman–Crippen LogP) is 1.33. The van der Waals surface area contributed by atoms with Gasteiger partial charge in [-0.25, -0.2) is 13.4 Å². The summed E-state index contributed by atoms with van der Waals surface area (Å²) in [6, 6.07) is 6.47. The largest absolute Gasteiger partial charge is 0.434 e. The van der Waals surface area contributed by atoms with Crippen LogP contribution in [0, 0.1) is 0 Å². The van der Waals surface area contributed by atoms with Gasteiger partial charge in [0, 0.05) is 37.9 Å². The van der Waals surface area contributed by atoms with Crippen molar-refractivity contribution in [1.29, 1.82) is 0 Å². The number of aromatic nitrogens is 2. The molecule has 26 heavy (non-hydrogen) atoms. The van der Waals surface area contributed by atoms with Gasteiger partial charge in [-0.3, -0.25) is 14.7 Å². The lowest BCUT2D eigenvalue weighted by molar-refractivity contribution is -0.0508. The molecule has 0 saturated heterocycles. The number of H-pyrrole nitrogens is 1. The van der Waals surface area contributed by atoms with E-state index >= 15 is 0 Å². The molecule has 0 unspecified atom stereocenters. The number of rotatable bonds is 5. The third kappa shape index (κ3) is 4.07. The zero-order chi connectivity index (χ0) is 18.9. The van der Waals surface area contributed by atoms with Gasteiger partial charge in [0.2, 0.25) is 15.0 Å². The highest BCUT2D eigenvalue weighted by molar-refractivity contribution is 7.90. The molecule has 0 radical (unpaired) electrons. The maximum Gasteiger partial charge on any atom is 0.387 e. The van der Waals surface area contributed by atoms with E-state index in [2.05, 4.69) is 14.7 Å². The van der Waals surface area contributed by atoms with Crippen molar-refractivity contribution in [2.45, 2.75) is 31.3 Å². The minimum Gasteiger partial charge on any atom is -0.434 e. The van der Waals surface area contributed by atoms with Crippen LogP contribution < -0.4 is 10.3 Å². The summed E-state index contributed by atoms with van der Waals surface area (Å²) in [6.45, 7) is -1.85. The monoisotopic (exact) mass is 385 g/mol. The standard InChI is InChI=1S/C16H17F2N3O4S/c1-26(23,24)16-19-12-6-7-21(9-11(12)14(22)20-16)8-10-4-2-3-5-13(10)25-15(17)18/h2-5,15H,6-9H2,1H3,(H,19,20,22). The second kappa shape index (κ2) is 7.12. The number of benzene rings is 1. The van der Waals surface area contributed by atoms with Gasteiger partial charge in [-0.15, -0.1) is 0 Å². The van der Waals surface area contributed by atoms with Crippen LogP contribution in [-0.2, 0) is 29.3 Å². The van der Waals surface area contributed by atoms with Crippen LogP contribution in [-0.4, -0.2) is 42.7 Å². The number of ether oxygens (including phenoxy) is 1. The first-order valence-electron chi connectivity index (χ1n) is 7.81. The topological polar surface area (TPSA) is 92.4 Å². The van der Waals surface area contributed by atoms with Crippen molar-refractivity contribution in [3.8, 4) is 5.75 Å². The Kier molecular flexibility index (Phi) is 5.05. The van der Waals surface area contributed by atoms with Crippen molar-refractivity contribution in [3.63, 3.8) is 0 Å². The number of hydrogen-bond acceptors (Lipinski definition) is 6. The molecule has 1 aliphatic heterocycles. The number of para-hydroxylation sites is 1. The SMILES string of the molecule is CS(=O)(=O)c1nc2c(c(=O)[nH]1)CN(Cc1ccccc1OC(F)F)CC2. The lowest BCUT2D eigenvalue weighted by Gasteiger charge is -2.28. The van der Waals surface area contributed by atoms with E-state index in [0.717, 1.165) is 6.26 Å². The number of hydrogen-bond donors (Lipinski definition) is 1. The van der Waals surface area contributed by atoms with E-state index in [-0.39, 0.29) is 17.5 Å². The smallest absolute Gasteiger partial charge is 0.387 e. The fourth-order valence-electron chi connectivity index (χ4n) is 2.86. The van der Waals surface area contributed by atoms with Crippen molar-refractivity contribution >= 4 is 9.84 Å². The van der Waals surface area contributed by atoms with Crippen LogP contribution in [0.1, 0.15) is 16.8 Å². The molecule has 140 valence electrons. The van der Waals surface area contributed by atoms with Gasteiger partial charge in [0.15, 0.2) is 0 Å². The molecule has 0 spiro atoms. The molecule has 0 amide bonds. The second-order valence-corrected chi connectivity index (χ2v) is 7.95. The van der Waals surface area contributed by atoms with Crippen LogP contribution in [0.4, 0.5) is 8.78 Å². The molecule has 3 rings (SSSR count). The molecule has 1 aromatic carbocycles. The van der Waals surface area contributed by atoms with Gasteiger partial charge in [-0.1, -0.05) is 18.2 Å². The lowest BCUT2D eigenvalue weighted by atomic mass is 10.1. The predicted molar refractivity (Wildman–Crippen MR) is 88.9 cm³/mol. The first-order valence-corrected chi connectivity index (χ1v) is 9.70. The zero-order valence-corrected chi connectivity index (χ0v) is 14.7. The van der Waals surface area contributed by atoms with E-state index in [0.29, 0.717) is 36.3 Å². The van der Waals surface area contributed by atoms with Crippen molar-refractivity contribution in [2.24, 2.45) is 0 Å². The highest BCUT2D eigenvalue weighted by Gasteiger charge is 2.24. The summed E-state index contributed by atoms with van der Waals surface area (Å²) in [4.78, 5) is 20.5. The fourth-order valence-corrected chi connectivity index (χ4v) is 3.41. The van der Waals surface area contributed by atoms with E-state index in [1.54, 1.807) is 18.2 Å². The Hall–Kier alpha value is -2.33. The van der Waals surface area contributed by atoms with E-state index in [4.69, 9.17) is 0 Å². The van der Waals surface area contributed by atoms with Gasteiger partial charge in [-0.05, 0) is 6.07 Å². The van der Waals surface area contributed by atoms with E-state index in [9.17, 15) is 22.0 Å².